The van der Waals surface area contributed by atoms with Gasteiger partial charge in [0.2, 0.25) is 0 Å². The molecule has 0 saturated carbocycles. The van der Waals surface area contributed by atoms with Crippen LogP contribution in [0, 0.1) is 0 Å². The second-order valence-corrected chi connectivity index (χ2v) is 5.08. The van der Waals surface area contributed by atoms with Crippen molar-refractivity contribution >= 4 is 0 Å². The van der Waals surface area contributed by atoms with Crippen LogP contribution in [-0.2, 0) is 0 Å². The molecule has 4 heteroatoms. The average Bonchev–Trinajstić information content (AvgIpc) is 2.51. The Bertz CT molecular complexity index is 204. The van der Waals surface area contributed by atoms with E-state index in [-0.39, 0.29) is 0 Å². The molecule has 2 aliphatic rings. The minimum absolute atomic E-state index is 0.469. The number of hydrogen-bond donors (Lipinski definition) is 2. The fraction of sp³-hybridized carbons (Fsp3) is 1.00. The minimum Gasteiger partial charge on any atom is -0.387 e. The molecule has 2 saturated heterocycles. The Morgan fingerprint density at radius 2 is 2.13 bits per heavy atom. The molecule has 2 fully saturated rings. The van der Waals surface area contributed by atoms with Gasteiger partial charge in [-0.2, -0.15) is 0 Å². The first kappa shape index (κ1) is 11.3. The summed E-state index contributed by atoms with van der Waals surface area (Å²) in [6, 6.07) is 0. The van der Waals surface area contributed by atoms with Gasteiger partial charge in [-0.25, -0.2) is 0 Å². The summed E-state index contributed by atoms with van der Waals surface area (Å²) < 4.78 is 0. The SMILES string of the molecule is CN1CCCN(CC2(O)CCNC2)CC1. The monoisotopic (exact) mass is 213 g/mol. The van der Waals surface area contributed by atoms with Crippen molar-refractivity contribution < 1.29 is 5.11 Å². The van der Waals surface area contributed by atoms with Crippen molar-refractivity contribution in [2.75, 3.05) is 52.9 Å². The summed E-state index contributed by atoms with van der Waals surface area (Å²) in [5, 5.41) is 13.5. The van der Waals surface area contributed by atoms with Gasteiger partial charge in [0.05, 0.1) is 5.60 Å². The molecule has 2 heterocycles. The molecule has 2 rings (SSSR count). The molecule has 0 aliphatic carbocycles. The molecular formula is C11H23N3O. The van der Waals surface area contributed by atoms with Crippen molar-refractivity contribution in [1.82, 2.24) is 15.1 Å². The van der Waals surface area contributed by atoms with Crippen molar-refractivity contribution in [3.8, 4) is 0 Å². The first-order valence-corrected chi connectivity index (χ1v) is 6.02. The number of rotatable bonds is 2. The summed E-state index contributed by atoms with van der Waals surface area (Å²) in [7, 11) is 2.18. The maximum absolute atomic E-state index is 10.3. The van der Waals surface area contributed by atoms with Crippen molar-refractivity contribution in [3.63, 3.8) is 0 Å². The van der Waals surface area contributed by atoms with E-state index in [1.165, 1.54) is 13.0 Å². The Hall–Kier alpha value is -0.160. The third-order valence-electron chi connectivity index (χ3n) is 3.55. The third kappa shape index (κ3) is 3.14. The molecule has 88 valence electrons. The van der Waals surface area contributed by atoms with Gasteiger partial charge in [0.1, 0.15) is 0 Å². The second kappa shape index (κ2) is 4.78. The largest absolute Gasteiger partial charge is 0.387 e. The van der Waals surface area contributed by atoms with Crippen molar-refractivity contribution in [2.45, 2.75) is 18.4 Å². The number of β-amino-alcohol motifs (C(OH)–C–C–N with tert-alkyl or cyclic N) is 1. The van der Waals surface area contributed by atoms with Crippen LogP contribution in [0.3, 0.4) is 0 Å². The molecule has 0 bridgehead atoms. The summed E-state index contributed by atoms with van der Waals surface area (Å²) >= 11 is 0. The van der Waals surface area contributed by atoms with E-state index in [0.717, 1.165) is 45.7 Å². The van der Waals surface area contributed by atoms with Gasteiger partial charge < -0.3 is 15.3 Å². The Morgan fingerprint density at radius 3 is 2.87 bits per heavy atom. The van der Waals surface area contributed by atoms with Gasteiger partial charge in [0.15, 0.2) is 0 Å². The predicted molar refractivity (Wildman–Crippen MR) is 61.0 cm³/mol. The van der Waals surface area contributed by atoms with E-state index in [2.05, 4.69) is 22.2 Å². The highest BCUT2D eigenvalue weighted by Crippen LogP contribution is 2.16. The topological polar surface area (TPSA) is 38.7 Å². The molecular weight excluding hydrogens is 190 g/mol. The third-order valence-corrected chi connectivity index (χ3v) is 3.55. The smallest absolute Gasteiger partial charge is 0.0909 e. The Labute approximate surface area is 92.2 Å². The highest BCUT2D eigenvalue weighted by Gasteiger charge is 2.33. The Kier molecular flexibility index (Phi) is 3.61. The zero-order valence-electron chi connectivity index (χ0n) is 9.71. The van der Waals surface area contributed by atoms with Crippen molar-refractivity contribution in [2.24, 2.45) is 0 Å². The Balaban J connectivity index is 1.82. The molecule has 0 aromatic carbocycles. The van der Waals surface area contributed by atoms with E-state index in [1.807, 2.05) is 0 Å². The van der Waals surface area contributed by atoms with Crippen LogP contribution < -0.4 is 5.32 Å². The summed E-state index contributed by atoms with van der Waals surface area (Å²) in [6.45, 7) is 7.11. The van der Waals surface area contributed by atoms with Gasteiger partial charge in [0.25, 0.3) is 0 Å². The van der Waals surface area contributed by atoms with E-state index < -0.39 is 5.60 Å². The Morgan fingerprint density at radius 1 is 1.27 bits per heavy atom. The maximum atomic E-state index is 10.3. The summed E-state index contributed by atoms with van der Waals surface area (Å²) in [6.07, 6.45) is 2.12. The lowest BCUT2D eigenvalue weighted by Crippen LogP contribution is -2.45. The van der Waals surface area contributed by atoms with Crippen molar-refractivity contribution in [1.29, 1.82) is 0 Å². The minimum atomic E-state index is -0.469. The first-order chi connectivity index (χ1) is 7.18. The molecule has 0 radical (unpaired) electrons. The molecule has 2 N–H and O–H groups in total. The second-order valence-electron chi connectivity index (χ2n) is 5.08. The molecule has 15 heavy (non-hydrogen) atoms. The number of nitrogens with zero attached hydrogens (tertiary/aromatic N) is 2. The molecule has 1 unspecified atom stereocenters. The molecule has 2 aliphatic heterocycles. The fourth-order valence-electron chi connectivity index (χ4n) is 2.54. The van der Waals surface area contributed by atoms with Gasteiger partial charge >= 0.3 is 0 Å². The van der Waals surface area contributed by atoms with Crippen molar-refractivity contribution in [3.05, 3.63) is 0 Å². The van der Waals surface area contributed by atoms with Gasteiger partial charge in [-0.3, -0.25) is 4.90 Å². The van der Waals surface area contributed by atoms with Crippen LogP contribution in [0.4, 0.5) is 0 Å². The quantitative estimate of drug-likeness (QED) is 0.639. The molecule has 0 amide bonds. The van der Waals surface area contributed by atoms with Crippen LogP contribution in [-0.4, -0.2) is 73.4 Å². The fourth-order valence-corrected chi connectivity index (χ4v) is 2.54. The maximum Gasteiger partial charge on any atom is 0.0909 e. The van der Waals surface area contributed by atoms with Crippen LogP contribution >= 0.6 is 0 Å². The van der Waals surface area contributed by atoms with Gasteiger partial charge in [0, 0.05) is 26.2 Å². The van der Waals surface area contributed by atoms with E-state index in [9.17, 15) is 5.11 Å². The van der Waals surface area contributed by atoms with Gasteiger partial charge in [-0.15, -0.1) is 0 Å². The van der Waals surface area contributed by atoms with E-state index in [1.54, 1.807) is 0 Å². The normalized spacial score (nSPS) is 35.6. The van der Waals surface area contributed by atoms with Crippen LogP contribution in [0.15, 0.2) is 0 Å². The summed E-state index contributed by atoms with van der Waals surface area (Å²) in [5.41, 5.74) is -0.469. The summed E-state index contributed by atoms with van der Waals surface area (Å²) in [5.74, 6) is 0. The zero-order chi connectivity index (χ0) is 10.7. The lowest BCUT2D eigenvalue weighted by atomic mass is 10.0. The number of hydrogen-bond acceptors (Lipinski definition) is 4. The first-order valence-electron chi connectivity index (χ1n) is 6.02. The van der Waals surface area contributed by atoms with Gasteiger partial charge in [-0.05, 0) is 39.5 Å². The van der Waals surface area contributed by atoms with Crippen LogP contribution in [0.1, 0.15) is 12.8 Å². The standard InChI is InChI=1S/C11H23N3O/c1-13-5-2-6-14(8-7-13)10-11(15)3-4-12-9-11/h12,15H,2-10H2,1H3. The van der Waals surface area contributed by atoms with Gasteiger partial charge in [-0.1, -0.05) is 0 Å². The zero-order valence-corrected chi connectivity index (χ0v) is 9.71. The summed E-state index contributed by atoms with van der Waals surface area (Å²) in [4.78, 5) is 4.79. The highest BCUT2D eigenvalue weighted by molar-refractivity contribution is 4.91. The number of aliphatic hydroxyl groups is 1. The lowest BCUT2D eigenvalue weighted by Gasteiger charge is -2.29. The van der Waals surface area contributed by atoms with E-state index >= 15 is 0 Å². The lowest BCUT2D eigenvalue weighted by molar-refractivity contribution is 0.0221. The van der Waals surface area contributed by atoms with Crippen LogP contribution in [0.2, 0.25) is 0 Å². The molecule has 0 spiro atoms. The highest BCUT2D eigenvalue weighted by atomic mass is 16.3. The average molecular weight is 213 g/mol. The molecule has 0 aromatic rings. The van der Waals surface area contributed by atoms with E-state index in [0.29, 0.717) is 0 Å². The van der Waals surface area contributed by atoms with Crippen LogP contribution in [0.5, 0.6) is 0 Å². The number of likely N-dealkylation sites (N-methyl/N-ethyl adjacent to an activating group) is 1. The molecule has 0 aromatic heterocycles. The van der Waals surface area contributed by atoms with Crippen LogP contribution in [0.25, 0.3) is 0 Å². The predicted octanol–water partition coefficient (Wildman–Crippen LogP) is -0.652. The van der Waals surface area contributed by atoms with E-state index in [4.69, 9.17) is 0 Å². The molecule has 1 atom stereocenters. The number of nitrogens with one attached hydrogen (secondary N) is 1. The molecule has 4 nitrogen and oxygen atoms in total.